The summed E-state index contributed by atoms with van der Waals surface area (Å²) in [4.78, 5) is 23.5. The third-order valence-corrected chi connectivity index (χ3v) is 4.01. The fourth-order valence-corrected chi connectivity index (χ4v) is 2.32. The number of benzene rings is 2. The van der Waals surface area contributed by atoms with E-state index in [-0.39, 0.29) is 17.9 Å². The summed E-state index contributed by atoms with van der Waals surface area (Å²) < 4.78 is 5.73. The van der Waals surface area contributed by atoms with Gasteiger partial charge in [0.1, 0.15) is 12.4 Å². The highest BCUT2D eigenvalue weighted by atomic mass is 16.5. The fraction of sp³-hybridized carbons (Fsp3) is 0.238. The number of rotatable bonds is 8. The van der Waals surface area contributed by atoms with Gasteiger partial charge in [0, 0.05) is 11.6 Å². The number of hydrogen-bond donors (Lipinski definition) is 3. The molecule has 2 amide bonds. The molecule has 0 aliphatic rings. The Morgan fingerprint density at radius 2 is 1.74 bits per heavy atom. The van der Waals surface area contributed by atoms with Gasteiger partial charge in [0.2, 0.25) is 5.91 Å². The number of hydrogen-bond acceptors (Lipinski definition) is 4. The third-order valence-electron chi connectivity index (χ3n) is 4.01. The number of carbonyl (C=O) groups excluding carboxylic acids is 2. The van der Waals surface area contributed by atoms with Crippen LogP contribution in [-0.4, -0.2) is 29.7 Å². The van der Waals surface area contributed by atoms with Crippen molar-refractivity contribution >= 4 is 17.9 Å². The summed E-state index contributed by atoms with van der Waals surface area (Å²) in [5.41, 5.74) is 2.86. The molecule has 0 aromatic heterocycles. The number of ether oxygens (including phenoxy) is 1. The zero-order chi connectivity index (χ0) is 19.6. The molecular formula is C21H24N2O4. The van der Waals surface area contributed by atoms with Crippen LogP contribution in [-0.2, 0) is 4.79 Å². The predicted octanol–water partition coefficient (Wildman–Crippen LogP) is 3.04. The van der Waals surface area contributed by atoms with Gasteiger partial charge in [-0.25, -0.2) is 5.48 Å². The largest absolute Gasteiger partial charge is 0.491 e. The van der Waals surface area contributed by atoms with Crippen LogP contribution in [0.25, 0.3) is 6.08 Å². The average molecular weight is 368 g/mol. The lowest BCUT2D eigenvalue weighted by Crippen LogP contribution is -2.42. The Balaban J connectivity index is 1.90. The average Bonchev–Trinajstić information content (AvgIpc) is 2.70. The van der Waals surface area contributed by atoms with Gasteiger partial charge >= 0.3 is 0 Å². The first-order valence-corrected chi connectivity index (χ1v) is 8.70. The molecule has 0 aliphatic heterocycles. The lowest BCUT2D eigenvalue weighted by molar-refractivity contribution is -0.117. The Kier molecular flexibility index (Phi) is 7.58. The SMILES string of the molecule is CC(C)[C@@H](COc1ccc(C(=O)NO)cc1)NC(=O)C=Cc1ccccc1. The summed E-state index contributed by atoms with van der Waals surface area (Å²) >= 11 is 0. The van der Waals surface area contributed by atoms with E-state index in [1.54, 1.807) is 35.8 Å². The Hall–Kier alpha value is -3.12. The lowest BCUT2D eigenvalue weighted by Gasteiger charge is -2.22. The molecule has 0 saturated carbocycles. The van der Waals surface area contributed by atoms with Gasteiger partial charge < -0.3 is 10.1 Å². The summed E-state index contributed by atoms with van der Waals surface area (Å²) in [5, 5.41) is 11.6. The molecule has 2 aromatic rings. The molecule has 0 spiro atoms. The zero-order valence-electron chi connectivity index (χ0n) is 15.4. The van der Waals surface area contributed by atoms with Crippen molar-refractivity contribution in [2.75, 3.05) is 6.61 Å². The first-order valence-electron chi connectivity index (χ1n) is 8.70. The van der Waals surface area contributed by atoms with Gasteiger partial charge in [-0.05, 0) is 41.8 Å². The minimum Gasteiger partial charge on any atom is -0.491 e. The summed E-state index contributed by atoms with van der Waals surface area (Å²) in [6.45, 7) is 4.31. The van der Waals surface area contributed by atoms with E-state index in [4.69, 9.17) is 9.94 Å². The molecule has 0 bridgehead atoms. The predicted molar refractivity (Wildman–Crippen MR) is 103 cm³/mol. The highest BCUT2D eigenvalue weighted by molar-refractivity contribution is 5.93. The first-order chi connectivity index (χ1) is 13.0. The smallest absolute Gasteiger partial charge is 0.274 e. The van der Waals surface area contributed by atoms with Crippen molar-refractivity contribution < 1.29 is 19.5 Å². The zero-order valence-corrected chi connectivity index (χ0v) is 15.4. The minimum absolute atomic E-state index is 0.168. The molecule has 0 heterocycles. The second-order valence-electron chi connectivity index (χ2n) is 6.38. The molecule has 2 aromatic carbocycles. The van der Waals surface area contributed by atoms with Crippen LogP contribution >= 0.6 is 0 Å². The van der Waals surface area contributed by atoms with Crippen LogP contribution < -0.4 is 15.5 Å². The molecule has 0 unspecified atom stereocenters. The summed E-state index contributed by atoms with van der Waals surface area (Å²) in [5.74, 6) is -0.0158. The maximum atomic E-state index is 12.2. The maximum Gasteiger partial charge on any atom is 0.274 e. The van der Waals surface area contributed by atoms with Crippen LogP contribution in [0.4, 0.5) is 0 Å². The molecule has 0 saturated heterocycles. The second kappa shape index (κ2) is 10.1. The van der Waals surface area contributed by atoms with Gasteiger partial charge in [-0.1, -0.05) is 44.2 Å². The second-order valence-corrected chi connectivity index (χ2v) is 6.38. The van der Waals surface area contributed by atoms with Crippen LogP contribution in [0.1, 0.15) is 29.8 Å². The van der Waals surface area contributed by atoms with E-state index >= 15 is 0 Å². The van der Waals surface area contributed by atoms with E-state index < -0.39 is 5.91 Å². The van der Waals surface area contributed by atoms with E-state index in [0.29, 0.717) is 17.9 Å². The number of hydroxylamine groups is 1. The minimum atomic E-state index is -0.584. The Bertz CT molecular complexity index is 771. The molecule has 0 radical (unpaired) electrons. The van der Waals surface area contributed by atoms with Crippen LogP contribution in [0, 0.1) is 5.92 Å². The van der Waals surface area contributed by atoms with E-state index in [9.17, 15) is 9.59 Å². The van der Waals surface area contributed by atoms with Crippen molar-refractivity contribution in [2.24, 2.45) is 5.92 Å². The quantitative estimate of drug-likeness (QED) is 0.380. The van der Waals surface area contributed by atoms with E-state index in [1.807, 2.05) is 44.2 Å². The van der Waals surface area contributed by atoms with Crippen LogP contribution in [0.15, 0.2) is 60.7 Å². The van der Waals surface area contributed by atoms with Crippen molar-refractivity contribution in [2.45, 2.75) is 19.9 Å². The molecule has 0 aliphatic carbocycles. The molecule has 2 rings (SSSR count). The highest BCUT2D eigenvalue weighted by Gasteiger charge is 2.16. The molecule has 6 heteroatoms. The molecule has 6 nitrogen and oxygen atoms in total. The van der Waals surface area contributed by atoms with Crippen molar-refractivity contribution in [1.82, 2.24) is 10.8 Å². The first kappa shape index (κ1) is 20.2. The van der Waals surface area contributed by atoms with Crippen molar-refractivity contribution in [3.05, 3.63) is 71.8 Å². The standard InChI is InChI=1S/C21H24N2O4/c1-15(2)19(22-20(24)13-8-16-6-4-3-5-7-16)14-27-18-11-9-17(10-12-18)21(25)23-26/h3-13,15,19,26H,14H2,1-2H3,(H,22,24)(H,23,25)/t19-/m1/s1. The van der Waals surface area contributed by atoms with E-state index in [1.165, 1.54) is 6.08 Å². The Morgan fingerprint density at radius 3 is 2.33 bits per heavy atom. The normalized spacial score (nSPS) is 12.0. The lowest BCUT2D eigenvalue weighted by atomic mass is 10.1. The van der Waals surface area contributed by atoms with Crippen LogP contribution in [0.2, 0.25) is 0 Å². The summed E-state index contributed by atoms with van der Waals surface area (Å²) in [6, 6.07) is 15.8. The van der Waals surface area contributed by atoms with Gasteiger partial charge in [0.25, 0.3) is 5.91 Å². The molecule has 3 N–H and O–H groups in total. The van der Waals surface area contributed by atoms with Gasteiger partial charge in [-0.15, -0.1) is 0 Å². The van der Waals surface area contributed by atoms with E-state index in [0.717, 1.165) is 5.56 Å². The molecule has 27 heavy (non-hydrogen) atoms. The molecule has 142 valence electrons. The topological polar surface area (TPSA) is 87.7 Å². The van der Waals surface area contributed by atoms with Crippen molar-refractivity contribution in [3.8, 4) is 5.75 Å². The molecule has 0 fully saturated rings. The summed E-state index contributed by atoms with van der Waals surface area (Å²) in [6.07, 6.45) is 3.27. The maximum absolute atomic E-state index is 12.2. The number of nitrogens with one attached hydrogen (secondary N) is 2. The Morgan fingerprint density at radius 1 is 1.07 bits per heavy atom. The van der Waals surface area contributed by atoms with Crippen LogP contribution in [0.3, 0.4) is 0 Å². The number of amides is 2. The number of carbonyl (C=O) groups is 2. The summed E-state index contributed by atoms with van der Waals surface area (Å²) in [7, 11) is 0. The molecule has 1 atom stereocenters. The van der Waals surface area contributed by atoms with Gasteiger partial charge in [0.05, 0.1) is 6.04 Å². The highest BCUT2D eigenvalue weighted by Crippen LogP contribution is 2.14. The third kappa shape index (κ3) is 6.60. The fourth-order valence-electron chi connectivity index (χ4n) is 2.32. The Labute approximate surface area is 158 Å². The van der Waals surface area contributed by atoms with E-state index in [2.05, 4.69) is 5.32 Å². The van der Waals surface area contributed by atoms with Crippen molar-refractivity contribution in [3.63, 3.8) is 0 Å². The van der Waals surface area contributed by atoms with Gasteiger partial charge in [-0.2, -0.15) is 0 Å². The van der Waals surface area contributed by atoms with Crippen LogP contribution in [0.5, 0.6) is 5.75 Å². The van der Waals surface area contributed by atoms with Crippen molar-refractivity contribution in [1.29, 1.82) is 0 Å². The molecular weight excluding hydrogens is 344 g/mol. The van der Waals surface area contributed by atoms with Gasteiger partial charge in [-0.3, -0.25) is 14.8 Å². The monoisotopic (exact) mass is 368 g/mol. The van der Waals surface area contributed by atoms with Gasteiger partial charge in [0.15, 0.2) is 0 Å².